The fourth-order valence-corrected chi connectivity index (χ4v) is 0.612. The van der Waals surface area contributed by atoms with Crippen LogP contribution in [0, 0.1) is 0 Å². The van der Waals surface area contributed by atoms with E-state index in [0.29, 0.717) is 0 Å². The van der Waals surface area contributed by atoms with Crippen LogP contribution in [0.2, 0.25) is 0 Å². The van der Waals surface area contributed by atoms with Crippen LogP contribution in [-0.4, -0.2) is 27.2 Å². The number of aromatic nitrogens is 4. The molecule has 1 rings (SSSR count). The number of hydrogen-bond acceptors (Lipinski definition) is 3. The molecule has 0 atom stereocenters. The molecule has 8 heteroatoms. The van der Waals surface area contributed by atoms with Crippen LogP contribution in [0.4, 0.5) is 12.9 Å². The molecule has 62 valence electrons. The second-order valence-corrected chi connectivity index (χ2v) is 2.11. The summed E-state index contributed by atoms with van der Waals surface area (Å²) >= 11 is 0. The summed E-state index contributed by atoms with van der Waals surface area (Å²) in [6, 6.07) is 0. The number of aryl methyl sites for hydroxylation is 1. The minimum absolute atomic E-state index is 0.278. The summed E-state index contributed by atoms with van der Waals surface area (Å²) < 4.78 is 35.1. The van der Waals surface area contributed by atoms with Crippen LogP contribution < -0.4 is 0 Å². The average Bonchev–Trinajstić information content (AvgIpc) is 2.10. The molecule has 0 N–H and O–H groups in total. The van der Waals surface area contributed by atoms with Gasteiger partial charge in [-0.3, -0.25) is 0 Å². The molecule has 1 heterocycles. The SMILES string of the molecule is Cn1nnc(C[B-](F)(F)F)n1. The van der Waals surface area contributed by atoms with Gasteiger partial charge in [0.25, 0.3) is 0 Å². The molecule has 0 saturated carbocycles. The molecular weight excluding hydrogens is 160 g/mol. The largest absolute Gasteiger partial charge is 0.485 e. The lowest BCUT2D eigenvalue weighted by atomic mass is 9.86. The minimum atomic E-state index is -4.85. The zero-order valence-electron chi connectivity index (χ0n) is 5.71. The Morgan fingerprint density at radius 1 is 1.45 bits per heavy atom. The lowest BCUT2D eigenvalue weighted by Crippen LogP contribution is -2.20. The second-order valence-electron chi connectivity index (χ2n) is 2.11. The molecule has 0 aliphatic carbocycles. The molecule has 1 aromatic heterocycles. The van der Waals surface area contributed by atoms with E-state index in [-0.39, 0.29) is 5.82 Å². The van der Waals surface area contributed by atoms with E-state index >= 15 is 0 Å². The van der Waals surface area contributed by atoms with E-state index in [1.807, 2.05) is 0 Å². The van der Waals surface area contributed by atoms with Crippen LogP contribution >= 0.6 is 0 Å². The standard InChI is InChI=1S/C3H5BF3N4/c1-11-9-3(8-10-11)2-4(5,6)7/h2H2,1H3/q-1. The number of hydrogen-bond donors (Lipinski definition) is 0. The maximum atomic E-state index is 11.7. The van der Waals surface area contributed by atoms with Gasteiger partial charge in [-0.15, -0.1) is 10.2 Å². The molecule has 4 nitrogen and oxygen atoms in total. The van der Waals surface area contributed by atoms with E-state index in [0.717, 1.165) is 4.80 Å². The van der Waals surface area contributed by atoms with Gasteiger partial charge in [-0.1, -0.05) is 0 Å². The Hall–Kier alpha value is -1.08. The Bertz CT molecular complexity index is 243. The average molecular weight is 165 g/mol. The van der Waals surface area contributed by atoms with Gasteiger partial charge in [0.2, 0.25) is 0 Å². The molecule has 0 saturated heterocycles. The number of tetrazole rings is 1. The molecule has 0 bridgehead atoms. The molecule has 0 amide bonds. The van der Waals surface area contributed by atoms with Crippen LogP contribution in [-0.2, 0) is 13.4 Å². The summed E-state index contributed by atoms with van der Waals surface area (Å²) in [4.78, 5) is 0.997. The van der Waals surface area contributed by atoms with Gasteiger partial charge in [-0.2, -0.15) is 4.80 Å². The van der Waals surface area contributed by atoms with Crippen molar-refractivity contribution in [2.45, 2.75) is 6.32 Å². The number of halogens is 3. The summed E-state index contributed by atoms with van der Waals surface area (Å²) in [6.07, 6.45) is -1.06. The second kappa shape index (κ2) is 2.52. The highest BCUT2D eigenvalue weighted by Gasteiger charge is 2.25. The van der Waals surface area contributed by atoms with E-state index in [4.69, 9.17) is 0 Å². The molecule has 0 spiro atoms. The smallest absolute Gasteiger partial charge is 0.449 e. The van der Waals surface area contributed by atoms with E-state index in [2.05, 4.69) is 15.4 Å². The molecule has 1 aromatic rings. The van der Waals surface area contributed by atoms with Crippen LogP contribution in [0.3, 0.4) is 0 Å². The van der Waals surface area contributed by atoms with Crippen molar-refractivity contribution >= 4 is 6.98 Å². The molecule has 0 unspecified atom stereocenters. The van der Waals surface area contributed by atoms with E-state index < -0.39 is 13.3 Å². The van der Waals surface area contributed by atoms with E-state index in [9.17, 15) is 12.9 Å². The van der Waals surface area contributed by atoms with E-state index in [1.165, 1.54) is 7.05 Å². The van der Waals surface area contributed by atoms with Gasteiger partial charge < -0.3 is 12.9 Å². The first-order chi connectivity index (χ1) is 4.97. The minimum Gasteiger partial charge on any atom is -0.449 e. The van der Waals surface area contributed by atoms with Gasteiger partial charge in [0.1, 0.15) is 5.82 Å². The van der Waals surface area contributed by atoms with Crippen molar-refractivity contribution < 1.29 is 12.9 Å². The topological polar surface area (TPSA) is 43.6 Å². The van der Waals surface area contributed by atoms with Crippen LogP contribution in [0.15, 0.2) is 0 Å². The van der Waals surface area contributed by atoms with E-state index in [1.54, 1.807) is 0 Å². The maximum Gasteiger partial charge on any atom is 0.485 e. The maximum absolute atomic E-state index is 11.7. The third-order valence-corrected chi connectivity index (χ3v) is 0.964. The van der Waals surface area contributed by atoms with Crippen molar-refractivity contribution in [2.24, 2.45) is 7.05 Å². The number of nitrogens with zero attached hydrogens (tertiary/aromatic N) is 4. The molecular formula is C3H5BF3N4-. The zero-order chi connectivity index (χ0) is 8.48. The van der Waals surface area contributed by atoms with Gasteiger partial charge in [-0.25, -0.2) is 0 Å². The summed E-state index contributed by atoms with van der Waals surface area (Å²) in [6.45, 7) is -4.85. The molecule has 0 radical (unpaired) electrons. The zero-order valence-corrected chi connectivity index (χ0v) is 5.71. The van der Waals surface area contributed by atoms with Crippen molar-refractivity contribution in [3.05, 3.63) is 5.82 Å². The van der Waals surface area contributed by atoms with Crippen molar-refractivity contribution in [3.63, 3.8) is 0 Å². The van der Waals surface area contributed by atoms with Gasteiger partial charge >= 0.3 is 6.98 Å². The first kappa shape index (κ1) is 8.03. The Morgan fingerprint density at radius 3 is 2.45 bits per heavy atom. The fourth-order valence-electron chi connectivity index (χ4n) is 0.612. The van der Waals surface area contributed by atoms with Crippen LogP contribution in [0.5, 0.6) is 0 Å². The lowest BCUT2D eigenvalue weighted by Gasteiger charge is -2.08. The molecule has 0 aromatic carbocycles. The third-order valence-electron chi connectivity index (χ3n) is 0.964. The first-order valence-electron chi connectivity index (χ1n) is 2.91. The Morgan fingerprint density at radius 2 is 2.09 bits per heavy atom. The van der Waals surface area contributed by atoms with Crippen molar-refractivity contribution in [1.29, 1.82) is 0 Å². The summed E-state index contributed by atoms with van der Waals surface area (Å²) in [5.41, 5.74) is 0. The highest BCUT2D eigenvalue weighted by molar-refractivity contribution is 6.57. The van der Waals surface area contributed by atoms with Gasteiger partial charge in [0, 0.05) is 0 Å². The molecule has 11 heavy (non-hydrogen) atoms. The van der Waals surface area contributed by atoms with Gasteiger partial charge in [0.05, 0.1) is 7.05 Å². The van der Waals surface area contributed by atoms with Crippen molar-refractivity contribution in [1.82, 2.24) is 20.2 Å². The monoisotopic (exact) mass is 165 g/mol. The normalized spacial score (nSPS) is 12.0. The highest BCUT2D eigenvalue weighted by atomic mass is 19.4. The Kier molecular flexibility index (Phi) is 1.84. The lowest BCUT2D eigenvalue weighted by molar-refractivity contribution is 0.465. The summed E-state index contributed by atoms with van der Waals surface area (Å²) in [5, 5.41) is 9.85. The fraction of sp³-hybridized carbons (Fsp3) is 0.667. The highest BCUT2D eigenvalue weighted by Crippen LogP contribution is 2.12. The predicted molar refractivity (Wildman–Crippen MR) is 31.6 cm³/mol. The van der Waals surface area contributed by atoms with Crippen LogP contribution in [0.1, 0.15) is 5.82 Å². The first-order valence-corrected chi connectivity index (χ1v) is 2.91. The van der Waals surface area contributed by atoms with Crippen molar-refractivity contribution in [3.8, 4) is 0 Å². The summed E-state index contributed by atoms with van der Waals surface area (Å²) in [7, 11) is 1.42. The molecule has 0 aliphatic heterocycles. The Labute approximate surface area is 60.4 Å². The Balaban J connectivity index is 2.65. The van der Waals surface area contributed by atoms with Gasteiger partial charge in [0.15, 0.2) is 0 Å². The van der Waals surface area contributed by atoms with Crippen LogP contribution in [0.25, 0.3) is 0 Å². The summed E-state index contributed by atoms with van der Waals surface area (Å²) in [5.74, 6) is -0.278. The predicted octanol–water partition coefficient (Wildman–Crippen LogP) is 0.139. The van der Waals surface area contributed by atoms with Gasteiger partial charge in [-0.05, 0) is 11.5 Å². The molecule has 0 fully saturated rings. The van der Waals surface area contributed by atoms with Crippen molar-refractivity contribution in [2.75, 3.05) is 0 Å². The quantitative estimate of drug-likeness (QED) is 0.585. The number of rotatable bonds is 2. The third kappa shape index (κ3) is 2.56. The molecule has 0 aliphatic rings.